The minimum atomic E-state index is 0.852. The molecule has 0 radical (unpaired) electrons. The van der Waals surface area contributed by atoms with Crippen molar-refractivity contribution in [2.75, 3.05) is 38.1 Å². The van der Waals surface area contributed by atoms with Gasteiger partial charge in [-0.25, -0.2) is 0 Å². The molecular weight excluding hydrogens is 324 g/mol. The van der Waals surface area contributed by atoms with Crippen LogP contribution in [0, 0.1) is 0 Å². The first-order valence-electron chi connectivity index (χ1n) is 8.48. The number of nitrogens with zero attached hydrogens (tertiary/aromatic N) is 2. The summed E-state index contributed by atoms with van der Waals surface area (Å²) in [5.41, 5.74) is 4.43. The molecule has 0 bridgehead atoms. The van der Waals surface area contributed by atoms with Crippen molar-refractivity contribution in [3.8, 4) is 11.5 Å². The van der Waals surface area contributed by atoms with E-state index in [9.17, 15) is 0 Å². The van der Waals surface area contributed by atoms with Crippen LogP contribution in [0.4, 0.5) is 22.7 Å². The molecule has 0 atom stereocenters. The summed E-state index contributed by atoms with van der Waals surface area (Å²) >= 11 is 0. The van der Waals surface area contributed by atoms with Gasteiger partial charge in [0.1, 0.15) is 11.5 Å². The molecule has 0 saturated heterocycles. The third-order valence-corrected chi connectivity index (χ3v) is 4.52. The van der Waals surface area contributed by atoms with E-state index in [1.807, 2.05) is 30.3 Å². The summed E-state index contributed by atoms with van der Waals surface area (Å²) in [5.74, 6) is 1.71. The Kier molecular flexibility index (Phi) is 5.32. The maximum absolute atomic E-state index is 5.31. The molecule has 0 N–H and O–H groups in total. The molecule has 26 heavy (non-hydrogen) atoms. The Hall–Kier alpha value is -3.14. The van der Waals surface area contributed by atoms with Crippen molar-refractivity contribution in [2.24, 2.45) is 0 Å². The third-order valence-electron chi connectivity index (χ3n) is 4.52. The maximum atomic E-state index is 5.31. The molecule has 3 rings (SSSR count). The molecule has 0 spiro atoms. The van der Waals surface area contributed by atoms with Gasteiger partial charge in [-0.2, -0.15) is 0 Å². The highest BCUT2D eigenvalue weighted by Crippen LogP contribution is 2.30. The van der Waals surface area contributed by atoms with Crippen LogP contribution in [0.1, 0.15) is 0 Å². The van der Waals surface area contributed by atoms with Crippen LogP contribution >= 0.6 is 0 Å². The fraction of sp³-hybridized carbons (Fsp3) is 0.182. The molecular formula is C22H24N2O2. The van der Waals surface area contributed by atoms with E-state index in [0.717, 1.165) is 34.2 Å². The van der Waals surface area contributed by atoms with Gasteiger partial charge in [0.2, 0.25) is 0 Å². The molecule has 0 amide bonds. The number of ether oxygens (including phenoxy) is 2. The molecule has 0 unspecified atom stereocenters. The topological polar surface area (TPSA) is 24.9 Å². The Bertz CT molecular complexity index is 845. The van der Waals surface area contributed by atoms with Gasteiger partial charge in [0.05, 0.1) is 14.2 Å². The number of hydrogen-bond acceptors (Lipinski definition) is 4. The summed E-state index contributed by atoms with van der Waals surface area (Å²) in [5, 5.41) is 0. The van der Waals surface area contributed by atoms with Crippen molar-refractivity contribution in [3.63, 3.8) is 0 Å². The molecule has 0 heterocycles. The van der Waals surface area contributed by atoms with Gasteiger partial charge >= 0.3 is 0 Å². The minimum absolute atomic E-state index is 0.852. The Morgan fingerprint density at radius 1 is 0.538 bits per heavy atom. The predicted molar refractivity (Wildman–Crippen MR) is 109 cm³/mol. The highest BCUT2D eigenvalue weighted by atomic mass is 16.5. The number of methoxy groups -OCH3 is 2. The second-order valence-corrected chi connectivity index (χ2v) is 6.03. The van der Waals surface area contributed by atoms with Crippen molar-refractivity contribution in [3.05, 3.63) is 72.8 Å². The van der Waals surface area contributed by atoms with Crippen LogP contribution in [-0.4, -0.2) is 28.3 Å². The summed E-state index contributed by atoms with van der Waals surface area (Å²) in [4.78, 5) is 4.29. The number of anilines is 4. The summed E-state index contributed by atoms with van der Waals surface area (Å²) in [6, 6.07) is 24.6. The zero-order valence-corrected chi connectivity index (χ0v) is 15.6. The molecule has 0 aliphatic heterocycles. The molecule has 0 aromatic heterocycles. The van der Waals surface area contributed by atoms with E-state index in [2.05, 4.69) is 66.4 Å². The number of rotatable bonds is 6. The van der Waals surface area contributed by atoms with Crippen LogP contribution in [0.5, 0.6) is 11.5 Å². The monoisotopic (exact) mass is 348 g/mol. The van der Waals surface area contributed by atoms with Gasteiger partial charge < -0.3 is 19.3 Å². The Labute approximate surface area is 155 Å². The quantitative estimate of drug-likeness (QED) is 0.608. The lowest BCUT2D eigenvalue weighted by atomic mass is 10.2. The van der Waals surface area contributed by atoms with E-state index in [-0.39, 0.29) is 0 Å². The Morgan fingerprint density at radius 2 is 1.00 bits per heavy atom. The largest absolute Gasteiger partial charge is 0.497 e. The van der Waals surface area contributed by atoms with Gasteiger partial charge in [-0.15, -0.1) is 0 Å². The number of benzene rings is 3. The van der Waals surface area contributed by atoms with Gasteiger partial charge in [0, 0.05) is 42.9 Å². The molecule has 0 aliphatic rings. The highest BCUT2D eigenvalue weighted by Gasteiger charge is 2.08. The van der Waals surface area contributed by atoms with E-state index in [1.165, 1.54) is 0 Å². The fourth-order valence-electron chi connectivity index (χ4n) is 2.82. The second-order valence-electron chi connectivity index (χ2n) is 6.03. The fourth-order valence-corrected chi connectivity index (χ4v) is 2.82. The summed E-state index contributed by atoms with van der Waals surface area (Å²) in [6.07, 6.45) is 0. The van der Waals surface area contributed by atoms with E-state index in [4.69, 9.17) is 9.47 Å². The predicted octanol–water partition coefficient (Wildman–Crippen LogP) is 5.24. The van der Waals surface area contributed by atoms with Crippen LogP contribution in [0.25, 0.3) is 0 Å². The van der Waals surface area contributed by atoms with Crippen molar-refractivity contribution in [2.45, 2.75) is 0 Å². The molecule has 3 aromatic carbocycles. The summed E-state index contributed by atoms with van der Waals surface area (Å²) in [7, 11) is 7.47. The molecule has 0 aliphatic carbocycles. The van der Waals surface area contributed by atoms with Crippen LogP contribution < -0.4 is 19.3 Å². The molecule has 4 nitrogen and oxygen atoms in total. The van der Waals surface area contributed by atoms with Gasteiger partial charge in [0.15, 0.2) is 0 Å². The lowest BCUT2D eigenvalue weighted by molar-refractivity contribution is 0.415. The lowest BCUT2D eigenvalue weighted by Gasteiger charge is -2.23. The third kappa shape index (κ3) is 3.75. The van der Waals surface area contributed by atoms with Gasteiger partial charge in [0.25, 0.3) is 0 Å². The van der Waals surface area contributed by atoms with E-state index >= 15 is 0 Å². The van der Waals surface area contributed by atoms with Crippen LogP contribution in [0.3, 0.4) is 0 Å². The van der Waals surface area contributed by atoms with Gasteiger partial charge in [-0.05, 0) is 60.7 Å². The Balaban J connectivity index is 1.78. The first-order valence-corrected chi connectivity index (χ1v) is 8.48. The van der Waals surface area contributed by atoms with E-state index in [1.54, 1.807) is 14.2 Å². The molecule has 3 aromatic rings. The second kappa shape index (κ2) is 7.83. The van der Waals surface area contributed by atoms with Gasteiger partial charge in [-0.1, -0.05) is 6.07 Å². The average molecular weight is 348 g/mol. The van der Waals surface area contributed by atoms with Crippen molar-refractivity contribution in [1.82, 2.24) is 0 Å². The molecule has 4 heteroatoms. The van der Waals surface area contributed by atoms with E-state index < -0.39 is 0 Å². The minimum Gasteiger partial charge on any atom is -0.497 e. The first-order chi connectivity index (χ1) is 12.6. The maximum Gasteiger partial charge on any atom is 0.120 e. The summed E-state index contributed by atoms with van der Waals surface area (Å²) < 4.78 is 10.5. The van der Waals surface area contributed by atoms with Crippen LogP contribution in [0.2, 0.25) is 0 Å². The van der Waals surface area contributed by atoms with Crippen molar-refractivity contribution in [1.29, 1.82) is 0 Å². The lowest BCUT2D eigenvalue weighted by Crippen LogP contribution is -2.11. The van der Waals surface area contributed by atoms with Crippen molar-refractivity contribution >= 4 is 22.7 Å². The van der Waals surface area contributed by atoms with Crippen LogP contribution in [-0.2, 0) is 0 Å². The molecule has 0 saturated carbocycles. The zero-order valence-electron chi connectivity index (χ0n) is 15.6. The van der Waals surface area contributed by atoms with Gasteiger partial charge in [-0.3, -0.25) is 0 Å². The summed E-state index contributed by atoms with van der Waals surface area (Å²) in [6.45, 7) is 0. The average Bonchev–Trinajstić information content (AvgIpc) is 2.73. The number of hydrogen-bond donors (Lipinski definition) is 0. The van der Waals surface area contributed by atoms with E-state index in [0.29, 0.717) is 0 Å². The standard InChI is InChI=1S/C22H24N2O2/c1-23(19-12-14-21(25-3)15-13-19)17-8-10-18(11-9-17)24(2)20-6-5-7-22(16-20)26-4/h5-16H,1-4H3. The normalized spacial score (nSPS) is 10.3. The van der Waals surface area contributed by atoms with Crippen molar-refractivity contribution < 1.29 is 9.47 Å². The highest BCUT2D eigenvalue weighted by molar-refractivity contribution is 5.69. The SMILES string of the molecule is COc1ccc(N(C)c2ccc(N(C)c3cccc(OC)c3)cc2)cc1. The molecule has 134 valence electrons. The smallest absolute Gasteiger partial charge is 0.120 e. The van der Waals surface area contributed by atoms with Crippen LogP contribution in [0.15, 0.2) is 72.8 Å². The Morgan fingerprint density at radius 3 is 1.50 bits per heavy atom. The zero-order chi connectivity index (χ0) is 18.5. The molecule has 0 fully saturated rings. The first kappa shape index (κ1) is 17.7.